The summed E-state index contributed by atoms with van der Waals surface area (Å²) in [6.07, 6.45) is 5.99. The molecule has 2 saturated heterocycles. The van der Waals surface area contributed by atoms with Crippen molar-refractivity contribution in [3.8, 4) is 17.6 Å². The highest BCUT2D eigenvalue weighted by Crippen LogP contribution is 2.55. The Bertz CT molecular complexity index is 2090. The van der Waals surface area contributed by atoms with E-state index in [-0.39, 0.29) is 58.9 Å². The second-order valence-electron chi connectivity index (χ2n) is 16.0. The van der Waals surface area contributed by atoms with Crippen LogP contribution in [0.1, 0.15) is 102 Å². The normalized spacial score (nSPS) is 24.2. The van der Waals surface area contributed by atoms with Crippen LogP contribution in [0.2, 0.25) is 5.02 Å². The van der Waals surface area contributed by atoms with E-state index in [1.54, 1.807) is 42.6 Å². The molecule has 0 bridgehead atoms. The Kier molecular flexibility index (Phi) is 10.2. The van der Waals surface area contributed by atoms with Crippen LogP contribution in [0.15, 0.2) is 48.8 Å². The molecule has 0 spiro atoms. The van der Waals surface area contributed by atoms with Gasteiger partial charge in [0, 0.05) is 48.6 Å². The maximum Gasteiger partial charge on any atom is 0.262 e. The van der Waals surface area contributed by atoms with Crippen LogP contribution in [0.4, 0.5) is 0 Å². The zero-order valence-electron chi connectivity index (χ0n) is 31.3. The number of imide groups is 2. The topological polar surface area (TPSA) is 176 Å². The van der Waals surface area contributed by atoms with Crippen LogP contribution < -0.4 is 20.1 Å². The quantitative estimate of drug-likeness (QED) is 0.197. The smallest absolute Gasteiger partial charge is 0.262 e. The number of rotatable bonds is 12. The summed E-state index contributed by atoms with van der Waals surface area (Å²) >= 11 is 6.23. The molecule has 3 aromatic rings. The molecular formula is C40H44ClN7O7. The number of ether oxygens (including phenoxy) is 2. The number of fused-ring (bicyclic) bond motifs is 1. The zero-order chi connectivity index (χ0) is 39.2. The predicted molar refractivity (Wildman–Crippen MR) is 200 cm³/mol. The van der Waals surface area contributed by atoms with Crippen LogP contribution >= 0.6 is 11.6 Å². The number of halogens is 1. The molecule has 5 amide bonds. The summed E-state index contributed by atoms with van der Waals surface area (Å²) in [6, 6.07) is 10.8. The number of aromatic nitrogens is 2. The highest BCUT2D eigenvalue weighted by molar-refractivity contribution is 6.31. The van der Waals surface area contributed by atoms with Crippen molar-refractivity contribution in [3.05, 3.63) is 76.1 Å². The highest BCUT2D eigenvalue weighted by Gasteiger charge is 2.64. The molecule has 2 unspecified atom stereocenters. The van der Waals surface area contributed by atoms with Gasteiger partial charge in [-0.25, -0.2) is 0 Å². The van der Waals surface area contributed by atoms with E-state index >= 15 is 0 Å². The Morgan fingerprint density at radius 3 is 2.49 bits per heavy atom. The second-order valence-corrected chi connectivity index (χ2v) is 16.4. The van der Waals surface area contributed by atoms with Gasteiger partial charge in [0.05, 0.1) is 46.1 Å². The molecule has 15 heteroatoms. The van der Waals surface area contributed by atoms with Crippen molar-refractivity contribution in [2.45, 2.75) is 84.0 Å². The number of nitriles is 1. The minimum Gasteiger partial charge on any atom is -0.494 e. The lowest BCUT2D eigenvalue weighted by molar-refractivity contribution is -0.164. The highest BCUT2D eigenvalue weighted by atomic mass is 35.5. The standard InChI is InChI=1S/C40H44ClN7O7/c1-39(2)37(40(3,4)38(39)55-27-8-7-23(19-42)30(41)18-27)45-33(50)24-20-43-47(21-24)25-13-15-46(22-25)14-5-6-16-54-26-9-10-28-29(17-26)36(53)48(35(28)52)31-11-12-32(49)44-34(31)51/h7-10,17-18,20-21,25,31,37-38H,5-6,11-16,22H2,1-4H3,(H,45,50)(H,44,49,51)/t25?,31?,37-,38-. The van der Waals surface area contributed by atoms with E-state index in [1.807, 2.05) is 10.9 Å². The van der Waals surface area contributed by atoms with Gasteiger partial charge in [-0.15, -0.1) is 0 Å². The number of piperidine rings is 1. The lowest BCUT2D eigenvalue weighted by atomic mass is 9.49. The molecule has 0 radical (unpaired) electrons. The molecule has 1 aromatic heterocycles. The SMILES string of the molecule is CC1(C)[C@H](NC(=O)c2cnn(C3CCN(CCCCOc4ccc5c(c4)C(=O)N(C4CCC(=O)NC4=O)C5=O)C3)c2)C(C)(C)[C@H]1Oc1ccc(C#N)c(Cl)c1. The van der Waals surface area contributed by atoms with Gasteiger partial charge in [0.15, 0.2) is 0 Å². The third-order valence-corrected chi connectivity index (χ3v) is 11.8. The average molecular weight is 770 g/mol. The number of carbonyl (C=O) groups excluding carboxylic acids is 5. The van der Waals surface area contributed by atoms with Crippen LogP contribution in [-0.2, 0) is 9.59 Å². The maximum absolute atomic E-state index is 13.5. The molecule has 4 aliphatic rings. The molecule has 288 valence electrons. The van der Waals surface area contributed by atoms with Crippen molar-refractivity contribution < 1.29 is 33.4 Å². The van der Waals surface area contributed by atoms with Gasteiger partial charge in [-0.05, 0) is 62.6 Å². The Labute approximate surface area is 324 Å². The van der Waals surface area contributed by atoms with Crippen molar-refractivity contribution in [3.63, 3.8) is 0 Å². The number of carbonyl (C=O) groups is 5. The van der Waals surface area contributed by atoms with Crippen LogP contribution in [-0.4, -0.2) is 93.5 Å². The number of nitrogens with one attached hydrogen (secondary N) is 2. The summed E-state index contributed by atoms with van der Waals surface area (Å²) in [5, 5.41) is 19.5. The number of nitrogens with zero attached hydrogens (tertiary/aromatic N) is 5. The molecular weight excluding hydrogens is 726 g/mol. The van der Waals surface area contributed by atoms with Crippen molar-refractivity contribution in [2.24, 2.45) is 10.8 Å². The fraction of sp³-hybridized carbons (Fsp3) is 0.475. The third-order valence-electron chi connectivity index (χ3n) is 11.5. The van der Waals surface area contributed by atoms with E-state index in [0.717, 1.165) is 43.8 Å². The van der Waals surface area contributed by atoms with Crippen molar-refractivity contribution in [1.29, 1.82) is 5.26 Å². The van der Waals surface area contributed by atoms with Gasteiger partial charge in [-0.2, -0.15) is 10.4 Å². The van der Waals surface area contributed by atoms with Gasteiger partial charge in [0.1, 0.15) is 29.7 Å². The summed E-state index contributed by atoms with van der Waals surface area (Å²) in [6.45, 7) is 11.3. The van der Waals surface area contributed by atoms with Crippen LogP contribution in [0, 0.1) is 22.2 Å². The molecule has 3 fully saturated rings. The Morgan fingerprint density at radius 1 is 1.02 bits per heavy atom. The van der Waals surface area contributed by atoms with Crippen molar-refractivity contribution in [2.75, 3.05) is 26.2 Å². The largest absolute Gasteiger partial charge is 0.494 e. The first-order valence-corrected chi connectivity index (χ1v) is 19.0. The minimum absolute atomic E-state index is 0.0658. The van der Waals surface area contributed by atoms with E-state index in [2.05, 4.69) is 54.4 Å². The molecule has 14 nitrogen and oxygen atoms in total. The summed E-state index contributed by atoms with van der Waals surface area (Å²) in [5.41, 5.74) is 0.539. The number of benzene rings is 2. The first-order chi connectivity index (χ1) is 26.2. The van der Waals surface area contributed by atoms with Crippen molar-refractivity contribution in [1.82, 2.24) is 30.2 Å². The third kappa shape index (κ3) is 7.18. The van der Waals surface area contributed by atoms with E-state index in [0.29, 0.717) is 34.3 Å². The molecule has 2 N–H and O–H groups in total. The first-order valence-electron chi connectivity index (χ1n) is 18.6. The lowest BCUT2D eigenvalue weighted by Gasteiger charge is -2.63. The second kappa shape index (κ2) is 14.8. The van der Waals surface area contributed by atoms with E-state index in [9.17, 15) is 29.2 Å². The number of amides is 5. The minimum atomic E-state index is -1.01. The van der Waals surface area contributed by atoms with Gasteiger partial charge in [-0.3, -0.25) is 38.9 Å². The van der Waals surface area contributed by atoms with Gasteiger partial charge in [0.2, 0.25) is 11.8 Å². The monoisotopic (exact) mass is 769 g/mol. The molecule has 3 aliphatic heterocycles. The maximum atomic E-state index is 13.5. The van der Waals surface area contributed by atoms with Gasteiger partial charge in [-0.1, -0.05) is 39.3 Å². The molecule has 4 heterocycles. The lowest BCUT2D eigenvalue weighted by Crippen LogP contribution is -2.74. The van der Waals surface area contributed by atoms with Crippen molar-refractivity contribution >= 4 is 41.1 Å². The number of hydrogen-bond donors (Lipinski definition) is 2. The first kappa shape index (κ1) is 38.0. The summed E-state index contributed by atoms with van der Waals surface area (Å²) < 4.78 is 14.2. The molecule has 55 heavy (non-hydrogen) atoms. The van der Waals surface area contributed by atoms with Gasteiger partial charge >= 0.3 is 0 Å². The summed E-state index contributed by atoms with van der Waals surface area (Å²) in [5.74, 6) is -1.30. The van der Waals surface area contributed by atoms with E-state index in [1.165, 1.54) is 0 Å². The fourth-order valence-electron chi connectivity index (χ4n) is 8.86. The number of likely N-dealkylation sites (tertiary alicyclic amines) is 1. The Morgan fingerprint density at radius 2 is 1.76 bits per heavy atom. The Hall–Kier alpha value is -5.26. The van der Waals surface area contributed by atoms with Crippen LogP contribution in [0.5, 0.6) is 11.5 Å². The molecule has 1 aliphatic carbocycles. The summed E-state index contributed by atoms with van der Waals surface area (Å²) in [7, 11) is 0. The van der Waals surface area contributed by atoms with E-state index < -0.39 is 29.7 Å². The summed E-state index contributed by atoms with van der Waals surface area (Å²) in [4.78, 5) is 66.7. The predicted octanol–water partition coefficient (Wildman–Crippen LogP) is 4.53. The molecule has 1 saturated carbocycles. The number of unbranched alkanes of at least 4 members (excludes halogenated alkanes) is 1. The van der Waals surface area contributed by atoms with Gasteiger partial charge in [0.25, 0.3) is 17.7 Å². The molecule has 7 rings (SSSR count). The molecule has 2 atom stereocenters. The van der Waals surface area contributed by atoms with Crippen LogP contribution in [0.25, 0.3) is 0 Å². The molecule has 2 aromatic carbocycles. The average Bonchev–Trinajstić information content (AvgIpc) is 3.88. The van der Waals surface area contributed by atoms with E-state index in [4.69, 9.17) is 21.1 Å². The number of hydrogen-bond acceptors (Lipinski definition) is 10. The van der Waals surface area contributed by atoms with Gasteiger partial charge < -0.3 is 19.7 Å². The zero-order valence-corrected chi connectivity index (χ0v) is 32.0. The van der Waals surface area contributed by atoms with Crippen LogP contribution in [0.3, 0.4) is 0 Å². The Balaban J connectivity index is 0.850. The fourth-order valence-corrected chi connectivity index (χ4v) is 9.08.